The largest absolute Gasteiger partial charge is 0.497 e. The van der Waals surface area contributed by atoms with E-state index in [1.807, 2.05) is 0 Å². The standard InChI is InChI=1S/C15H12F4O2/c1-21-11-6-4-5-10(9-11)14(20,15(17,18)19)12-7-2-3-8-13(12)16/h2-9,20H,1H3. The van der Waals surface area contributed by atoms with Crippen molar-refractivity contribution in [1.29, 1.82) is 0 Å². The molecule has 0 aliphatic rings. The minimum atomic E-state index is -5.10. The van der Waals surface area contributed by atoms with Gasteiger partial charge in [0.1, 0.15) is 11.6 Å². The highest BCUT2D eigenvalue weighted by molar-refractivity contribution is 5.42. The molecular formula is C15H12F4O2. The first-order valence-corrected chi connectivity index (χ1v) is 5.99. The van der Waals surface area contributed by atoms with E-state index in [9.17, 15) is 22.7 Å². The Morgan fingerprint density at radius 3 is 2.24 bits per heavy atom. The molecular weight excluding hydrogens is 288 g/mol. The number of halogens is 4. The van der Waals surface area contributed by atoms with Crippen LogP contribution in [0.4, 0.5) is 17.6 Å². The van der Waals surface area contributed by atoms with Crippen molar-refractivity contribution >= 4 is 0 Å². The van der Waals surface area contributed by atoms with Gasteiger partial charge in [-0.3, -0.25) is 0 Å². The van der Waals surface area contributed by atoms with Crippen LogP contribution in [0.5, 0.6) is 5.75 Å². The highest BCUT2D eigenvalue weighted by Crippen LogP contribution is 2.45. The third-order valence-electron chi connectivity index (χ3n) is 3.16. The Bertz CT molecular complexity index is 640. The second-order valence-electron chi connectivity index (χ2n) is 4.42. The van der Waals surface area contributed by atoms with Crippen LogP contribution in [0.25, 0.3) is 0 Å². The van der Waals surface area contributed by atoms with Gasteiger partial charge in [0.25, 0.3) is 0 Å². The number of benzene rings is 2. The molecule has 0 aliphatic carbocycles. The molecule has 112 valence electrons. The first kappa shape index (κ1) is 15.3. The van der Waals surface area contributed by atoms with Crippen molar-refractivity contribution in [2.45, 2.75) is 11.8 Å². The monoisotopic (exact) mass is 300 g/mol. The predicted octanol–water partition coefficient (Wildman–Crippen LogP) is 3.63. The van der Waals surface area contributed by atoms with Gasteiger partial charge in [-0.1, -0.05) is 30.3 Å². The van der Waals surface area contributed by atoms with E-state index >= 15 is 0 Å². The number of methoxy groups -OCH3 is 1. The van der Waals surface area contributed by atoms with Crippen molar-refractivity contribution in [1.82, 2.24) is 0 Å². The molecule has 0 radical (unpaired) electrons. The van der Waals surface area contributed by atoms with Gasteiger partial charge in [0.2, 0.25) is 5.60 Å². The number of rotatable bonds is 3. The van der Waals surface area contributed by atoms with Crippen molar-refractivity contribution in [3.8, 4) is 5.75 Å². The molecule has 0 bridgehead atoms. The molecule has 1 N–H and O–H groups in total. The first-order chi connectivity index (χ1) is 9.80. The molecule has 0 saturated carbocycles. The summed E-state index contributed by atoms with van der Waals surface area (Å²) in [6, 6.07) is 9.08. The summed E-state index contributed by atoms with van der Waals surface area (Å²) in [4.78, 5) is 0. The average molecular weight is 300 g/mol. The molecule has 1 unspecified atom stereocenters. The molecule has 0 spiro atoms. The van der Waals surface area contributed by atoms with E-state index in [4.69, 9.17) is 4.74 Å². The zero-order valence-corrected chi connectivity index (χ0v) is 11.0. The third kappa shape index (κ3) is 2.58. The second kappa shape index (κ2) is 5.37. The normalized spacial score (nSPS) is 14.6. The quantitative estimate of drug-likeness (QED) is 0.877. The van der Waals surface area contributed by atoms with E-state index in [-0.39, 0.29) is 5.75 Å². The zero-order chi connectivity index (χ0) is 15.7. The lowest BCUT2D eigenvalue weighted by Crippen LogP contribution is -2.44. The van der Waals surface area contributed by atoms with Crippen molar-refractivity contribution in [3.05, 3.63) is 65.5 Å². The van der Waals surface area contributed by atoms with Crippen LogP contribution in [0.15, 0.2) is 48.5 Å². The third-order valence-corrected chi connectivity index (χ3v) is 3.16. The van der Waals surface area contributed by atoms with Crippen LogP contribution < -0.4 is 4.74 Å². The minimum Gasteiger partial charge on any atom is -0.497 e. The summed E-state index contributed by atoms with van der Waals surface area (Å²) in [5.74, 6) is -1.01. The molecule has 0 heterocycles. The van der Waals surface area contributed by atoms with Crippen molar-refractivity contribution in [3.63, 3.8) is 0 Å². The lowest BCUT2D eigenvalue weighted by atomic mass is 9.85. The lowest BCUT2D eigenvalue weighted by molar-refractivity contribution is -0.249. The smallest absolute Gasteiger partial charge is 0.425 e. The molecule has 6 heteroatoms. The molecule has 2 nitrogen and oxygen atoms in total. The van der Waals surface area contributed by atoms with Crippen molar-refractivity contribution < 1.29 is 27.4 Å². The highest BCUT2D eigenvalue weighted by Gasteiger charge is 2.57. The van der Waals surface area contributed by atoms with Crippen LogP contribution in [0.2, 0.25) is 0 Å². The fourth-order valence-electron chi connectivity index (χ4n) is 2.07. The van der Waals surface area contributed by atoms with Crippen molar-refractivity contribution in [2.24, 2.45) is 0 Å². The molecule has 0 aliphatic heterocycles. The Kier molecular flexibility index (Phi) is 3.91. The van der Waals surface area contributed by atoms with E-state index in [0.717, 1.165) is 24.3 Å². The van der Waals surface area contributed by atoms with E-state index in [2.05, 4.69) is 0 Å². The maximum absolute atomic E-state index is 13.8. The highest BCUT2D eigenvalue weighted by atomic mass is 19.4. The Morgan fingerprint density at radius 2 is 1.67 bits per heavy atom. The van der Waals surface area contributed by atoms with Gasteiger partial charge in [0, 0.05) is 11.1 Å². The number of ether oxygens (including phenoxy) is 1. The summed E-state index contributed by atoms with van der Waals surface area (Å²) in [5.41, 5.74) is -4.82. The molecule has 0 amide bonds. The summed E-state index contributed by atoms with van der Waals surface area (Å²) in [7, 11) is 1.29. The van der Waals surface area contributed by atoms with Crippen LogP contribution in [0.3, 0.4) is 0 Å². The lowest BCUT2D eigenvalue weighted by Gasteiger charge is -2.31. The maximum atomic E-state index is 13.8. The van der Waals surface area contributed by atoms with E-state index in [1.165, 1.54) is 31.4 Å². The number of alkyl halides is 3. The molecule has 0 fully saturated rings. The van der Waals surface area contributed by atoms with Crippen LogP contribution in [-0.4, -0.2) is 18.4 Å². The summed E-state index contributed by atoms with van der Waals surface area (Å²) < 4.78 is 59.0. The minimum absolute atomic E-state index is 0.131. The van der Waals surface area contributed by atoms with Gasteiger partial charge in [-0.25, -0.2) is 4.39 Å². The Labute approximate surface area is 118 Å². The van der Waals surface area contributed by atoms with E-state index in [1.54, 1.807) is 0 Å². The average Bonchev–Trinajstić information content (AvgIpc) is 2.46. The molecule has 0 saturated heterocycles. The Morgan fingerprint density at radius 1 is 1.00 bits per heavy atom. The van der Waals surface area contributed by atoms with Gasteiger partial charge in [-0.2, -0.15) is 13.2 Å². The van der Waals surface area contributed by atoms with Crippen LogP contribution in [0.1, 0.15) is 11.1 Å². The Balaban J connectivity index is 2.71. The van der Waals surface area contributed by atoms with Crippen LogP contribution >= 0.6 is 0 Å². The number of aliphatic hydroxyl groups is 1. The molecule has 21 heavy (non-hydrogen) atoms. The van der Waals surface area contributed by atoms with Gasteiger partial charge < -0.3 is 9.84 Å². The molecule has 0 aromatic heterocycles. The first-order valence-electron chi connectivity index (χ1n) is 5.99. The molecule has 2 aromatic carbocycles. The van der Waals surface area contributed by atoms with Gasteiger partial charge in [0.15, 0.2) is 0 Å². The maximum Gasteiger partial charge on any atom is 0.425 e. The fraction of sp³-hybridized carbons (Fsp3) is 0.200. The van der Waals surface area contributed by atoms with Crippen LogP contribution in [-0.2, 0) is 5.60 Å². The summed E-state index contributed by atoms with van der Waals surface area (Å²) >= 11 is 0. The number of hydrogen-bond acceptors (Lipinski definition) is 2. The summed E-state index contributed by atoms with van der Waals surface area (Å²) in [6.07, 6.45) is -5.10. The van der Waals surface area contributed by atoms with Crippen LogP contribution in [0, 0.1) is 5.82 Å². The number of hydrogen-bond donors (Lipinski definition) is 1. The fourth-order valence-corrected chi connectivity index (χ4v) is 2.07. The SMILES string of the molecule is COc1cccc(C(O)(c2ccccc2F)C(F)(F)F)c1. The van der Waals surface area contributed by atoms with E-state index < -0.39 is 28.7 Å². The molecule has 2 rings (SSSR count). The summed E-state index contributed by atoms with van der Waals surface area (Å²) in [6.45, 7) is 0. The zero-order valence-electron chi connectivity index (χ0n) is 11.0. The van der Waals surface area contributed by atoms with E-state index in [0.29, 0.717) is 0 Å². The summed E-state index contributed by atoms with van der Waals surface area (Å²) in [5, 5.41) is 10.3. The van der Waals surface area contributed by atoms with Gasteiger partial charge in [0.05, 0.1) is 7.11 Å². The predicted molar refractivity (Wildman–Crippen MR) is 68.4 cm³/mol. The molecule has 1 atom stereocenters. The van der Waals surface area contributed by atoms with Crippen molar-refractivity contribution in [2.75, 3.05) is 7.11 Å². The van der Waals surface area contributed by atoms with Gasteiger partial charge in [-0.15, -0.1) is 0 Å². The van der Waals surface area contributed by atoms with Gasteiger partial charge in [-0.05, 0) is 18.2 Å². The van der Waals surface area contributed by atoms with Gasteiger partial charge >= 0.3 is 6.18 Å². The Hall–Kier alpha value is -2.08. The molecule has 2 aromatic rings. The second-order valence-corrected chi connectivity index (χ2v) is 4.42. The topological polar surface area (TPSA) is 29.5 Å².